The van der Waals surface area contributed by atoms with Gasteiger partial charge in [-0.1, -0.05) is 47.1 Å². The van der Waals surface area contributed by atoms with Gasteiger partial charge in [0.2, 0.25) is 5.95 Å². The third kappa shape index (κ3) is 5.50. The van der Waals surface area contributed by atoms with Gasteiger partial charge in [0, 0.05) is 5.70 Å². The van der Waals surface area contributed by atoms with Crippen molar-refractivity contribution in [1.29, 1.82) is 0 Å². The van der Waals surface area contributed by atoms with Gasteiger partial charge in [-0.3, -0.25) is 4.79 Å². The number of nitrogens with zero attached hydrogens (tertiary/aromatic N) is 4. The fraction of sp³-hybridized carbons (Fsp3) is 0.241. The number of rotatable bonds is 9. The molecule has 0 saturated carbocycles. The van der Waals surface area contributed by atoms with E-state index in [0.29, 0.717) is 57.8 Å². The van der Waals surface area contributed by atoms with Crippen molar-refractivity contribution in [3.8, 4) is 17.2 Å². The second kappa shape index (κ2) is 11.8. The van der Waals surface area contributed by atoms with Gasteiger partial charge in [-0.05, 0) is 82.5 Å². The van der Waals surface area contributed by atoms with Gasteiger partial charge in [0.15, 0.2) is 11.5 Å². The normalized spacial score (nSPS) is 14.3. The fourth-order valence-electron chi connectivity index (χ4n) is 4.53. The number of benzene rings is 3. The SMILES string of the molecule is CCOc1ccccc1NC(=O)C1=C(C)Nc2nnnn2C1c1cc(Br)c(OCc2ccc(C)cc2)c(OC)c1. The Morgan fingerprint density at radius 1 is 1.07 bits per heavy atom. The predicted octanol–water partition coefficient (Wildman–Crippen LogP) is 5.66. The molecule has 2 N–H and O–H groups in total. The zero-order valence-electron chi connectivity index (χ0n) is 22.6. The van der Waals surface area contributed by atoms with E-state index in [1.54, 1.807) is 17.9 Å². The standard InChI is InChI=1S/C29H29BrN6O4/c1-5-39-23-9-7-6-8-22(23)32-28(37)25-18(3)31-29-33-34-35-36(29)26(25)20-14-21(30)27(24(15-20)38-4)40-16-19-12-10-17(2)11-13-19/h6-15,26H,5,16H2,1-4H3,(H,32,37)(H,31,33,35). The van der Waals surface area contributed by atoms with E-state index in [-0.39, 0.29) is 5.91 Å². The highest BCUT2D eigenvalue weighted by molar-refractivity contribution is 9.10. The lowest BCUT2D eigenvalue weighted by molar-refractivity contribution is -0.113. The average Bonchev–Trinajstić information content (AvgIpc) is 3.41. The molecule has 1 aliphatic rings. The number of hydrogen-bond acceptors (Lipinski definition) is 8. The molecular weight excluding hydrogens is 576 g/mol. The zero-order chi connectivity index (χ0) is 28.2. The number of hydrogen-bond donors (Lipinski definition) is 2. The van der Waals surface area contributed by atoms with Crippen molar-refractivity contribution in [1.82, 2.24) is 20.2 Å². The van der Waals surface area contributed by atoms with Crippen molar-refractivity contribution >= 4 is 33.5 Å². The molecule has 5 rings (SSSR count). The Morgan fingerprint density at radius 3 is 2.60 bits per heavy atom. The Hall–Kier alpha value is -4.38. The first kappa shape index (κ1) is 27.2. The molecule has 0 fully saturated rings. The maximum Gasteiger partial charge on any atom is 0.255 e. The van der Waals surface area contributed by atoms with Crippen LogP contribution < -0.4 is 24.8 Å². The number of tetrazole rings is 1. The number of nitrogens with one attached hydrogen (secondary N) is 2. The van der Waals surface area contributed by atoms with E-state index < -0.39 is 6.04 Å². The van der Waals surface area contributed by atoms with Gasteiger partial charge in [0.1, 0.15) is 18.4 Å². The summed E-state index contributed by atoms with van der Waals surface area (Å²) >= 11 is 3.66. The highest BCUT2D eigenvalue weighted by atomic mass is 79.9. The second-order valence-corrected chi connectivity index (χ2v) is 10.1. The molecule has 2 heterocycles. The van der Waals surface area contributed by atoms with Gasteiger partial charge in [-0.25, -0.2) is 0 Å². The summed E-state index contributed by atoms with van der Waals surface area (Å²) in [6, 6.07) is 18.5. The molecule has 4 aromatic rings. The highest BCUT2D eigenvalue weighted by Gasteiger charge is 2.35. The molecule has 0 aliphatic carbocycles. The van der Waals surface area contributed by atoms with Crippen LogP contribution in [0, 0.1) is 6.92 Å². The number of carbonyl (C=O) groups excluding carboxylic acids is 1. The van der Waals surface area contributed by atoms with Gasteiger partial charge >= 0.3 is 0 Å². The number of methoxy groups -OCH3 is 1. The summed E-state index contributed by atoms with van der Waals surface area (Å²) < 4.78 is 19.8. The Bertz CT molecular complexity index is 1570. The molecule has 10 nitrogen and oxygen atoms in total. The van der Waals surface area contributed by atoms with E-state index in [4.69, 9.17) is 14.2 Å². The number of amides is 1. The molecule has 0 bridgehead atoms. The van der Waals surface area contributed by atoms with Crippen LogP contribution in [0.2, 0.25) is 0 Å². The van der Waals surface area contributed by atoms with Crippen LogP contribution in [0.3, 0.4) is 0 Å². The second-order valence-electron chi connectivity index (χ2n) is 9.20. The van der Waals surface area contributed by atoms with Crippen molar-refractivity contribution < 1.29 is 19.0 Å². The van der Waals surface area contributed by atoms with Crippen LogP contribution in [0.5, 0.6) is 17.2 Å². The number of halogens is 1. The lowest BCUT2D eigenvalue weighted by atomic mass is 9.94. The number of para-hydroxylation sites is 2. The van der Waals surface area contributed by atoms with Gasteiger partial charge in [-0.2, -0.15) is 4.68 Å². The van der Waals surface area contributed by atoms with Crippen molar-refractivity contribution in [2.24, 2.45) is 0 Å². The minimum atomic E-state index is -0.651. The van der Waals surface area contributed by atoms with E-state index in [9.17, 15) is 4.79 Å². The van der Waals surface area contributed by atoms with E-state index in [1.807, 2.05) is 75.4 Å². The molecule has 1 amide bonds. The molecule has 1 aliphatic heterocycles. The average molecular weight is 605 g/mol. The number of fused-ring (bicyclic) bond motifs is 1. The molecule has 1 atom stereocenters. The molecule has 0 radical (unpaired) electrons. The van der Waals surface area contributed by atoms with Crippen LogP contribution in [0.15, 0.2) is 76.4 Å². The van der Waals surface area contributed by atoms with Crippen LogP contribution in [0.4, 0.5) is 11.6 Å². The van der Waals surface area contributed by atoms with Gasteiger partial charge in [0.05, 0.1) is 29.4 Å². The molecule has 1 aromatic heterocycles. The van der Waals surface area contributed by atoms with Crippen LogP contribution in [-0.4, -0.2) is 39.8 Å². The number of aryl methyl sites for hydroxylation is 1. The molecule has 3 aromatic carbocycles. The number of carbonyl (C=O) groups is 1. The van der Waals surface area contributed by atoms with Crippen molar-refractivity contribution in [3.63, 3.8) is 0 Å². The number of aromatic nitrogens is 4. The van der Waals surface area contributed by atoms with Crippen LogP contribution in [0.1, 0.15) is 36.6 Å². The predicted molar refractivity (Wildman–Crippen MR) is 155 cm³/mol. The van der Waals surface area contributed by atoms with Gasteiger partial charge in [-0.15, -0.1) is 0 Å². The van der Waals surface area contributed by atoms with Gasteiger partial charge in [0.25, 0.3) is 5.91 Å². The van der Waals surface area contributed by atoms with E-state index in [2.05, 4.69) is 42.1 Å². The molecule has 206 valence electrons. The zero-order valence-corrected chi connectivity index (χ0v) is 24.2. The minimum Gasteiger partial charge on any atom is -0.493 e. The third-order valence-corrected chi connectivity index (χ3v) is 7.05. The molecule has 11 heteroatoms. The number of ether oxygens (including phenoxy) is 3. The Balaban J connectivity index is 1.51. The smallest absolute Gasteiger partial charge is 0.255 e. The third-order valence-electron chi connectivity index (χ3n) is 6.47. The van der Waals surface area contributed by atoms with Crippen LogP contribution >= 0.6 is 15.9 Å². The number of allylic oxidation sites excluding steroid dienone is 1. The van der Waals surface area contributed by atoms with Gasteiger partial charge < -0.3 is 24.8 Å². The Kier molecular flexibility index (Phi) is 8.01. The number of anilines is 2. The summed E-state index contributed by atoms with van der Waals surface area (Å²) in [5.74, 6) is 1.74. The van der Waals surface area contributed by atoms with E-state index >= 15 is 0 Å². The maximum atomic E-state index is 13.8. The van der Waals surface area contributed by atoms with Crippen molar-refractivity contribution in [3.05, 3.63) is 93.1 Å². The Labute approximate surface area is 240 Å². The quantitative estimate of drug-likeness (QED) is 0.252. The highest BCUT2D eigenvalue weighted by Crippen LogP contribution is 2.43. The van der Waals surface area contributed by atoms with E-state index in [0.717, 1.165) is 11.1 Å². The molecule has 0 saturated heterocycles. The van der Waals surface area contributed by atoms with Crippen molar-refractivity contribution in [2.45, 2.75) is 33.4 Å². The Morgan fingerprint density at radius 2 is 1.85 bits per heavy atom. The minimum absolute atomic E-state index is 0.321. The topological polar surface area (TPSA) is 112 Å². The summed E-state index contributed by atoms with van der Waals surface area (Å²) in [6.07, 6.45) is 0. The monoisotopic (exact) mass is 604 g/mol. The molecular formula is C29H29BrN6O4. The first-order valence-corrected chi connectivity index (χ1v) is 13.5. The fourth-order valence-corrected chi connectivity index (χ4v) is 5.11. The van der Waals surface area contributed by atoms with Crippen LogP contribution in [-0.2, 0) is 11.4 Å². The summed E-state index contributed by atoms with van der Waals surface area (Å²) in [7, 11) is 1.58. The van der Waals surface area contributed by atoms with Crippen LogP contribution in [0.25, 0.3) is 0 Å². The summed E-state index contributed by atoms with van der Waals surface area (Å²) in [6.45, 7) is 6.59. The summed E-state index contributed by atoms with van der Waals surface area (Å²) in [4.78, 5) is 13.8. The van der Waals surface area contributed by atoms with Crippen molar-refractivity contribution in [2.75, 3.05) is 24.4 Å². The lowest BCUT2D eigenvalue weighted by Gasteiger charge is -2.29. The first-order valence-electron chi connectivity index (χ1n) is 12.7. The van der Waals surface area contributed by atoms with E-state index in [1.165, 1.54) is 5.56 Å². The lowest BCUT2D eigenvalue weighted by Crippen LogP contribution is -2.31. The first-order chi connectivity index (χ1) is 19.4. The molecule has 40 heavy (non-hydrogen) atoms. The summed E-state index contributed by atoms with van der Waals surface area (Å²) in [5.41, 5.74) is 4.56. The largest absolute Gasteiger partial charge is 0.493 e. The maximum absolute atomic E-state index is 13.8. The molecule has 0 spiro atoms. The summed E-state index contributed by atoms with van der Waals surface area (Å²) in [5, 5.41) is 18.3. The molecule has 1 unspecified atom stereocenters.